The number of carbonyl (C=O) groups excluding carboxylic acids is 1. The van der Waals surface area contributed by atoms with E-state index in [4.69, 9.17) is 21.1 Å². The van der Waals surface area contributed by atoms with E-state index in [0.29, 0.717) is 36.3 Å². The molecule has 0 radical (unpaired) electrons. The summed E-state index contributed by atoms with van der Waals surface area (Å²) in [6.07, 6.45) is 9.88. The third kappa shape index (κ3) is 10.2. The highest BCUT2D eigenvalue weighted by Crippen LogP contribution is 2.42. The molecule has 9 nitrogen and oxygen atoms in total. The van der Waals surface area contributed by atoms with Crippen LogP contribution in [-0.2, 0) is 16.4 Å². The number of sulfonamides is 1. The number of amides is 1. The number of carbonyl (C=O) groups is 1. The van der Waals surface area contributed by atoms with Gasteiger partial charge in [0.1, 0.15) is 5.75 Å². The summed E-state index contributed by atoms with van der Waals surface area (Å²) in [4.78, 5) is 19.1. The number of ether oxygens (including phenoxy) is 2. The first-order valence-corrected chi connectivity index (χ1v) is 19.1. The van der Waals surface area contributed by atoms with E-state index in [1.165, 1.54) is 25.0 Å². The van der Waals surface area contributed by atoms with Gasteiger partial charge in [0, 0.05) is 41.9 Å². The van der Waals surface area contributed by atoms with E-state index in [1.54, 1.807) is 37.6 Å². The van der Waals surface area contributed by atoms with E-state index in [9.17, 15) is 18.3 Å². The third-order valence-corrected chi connectivity index (χ3v) is 11.1. The maximum absolute atomic E-state index is 13.0. The van der Waals surface area contributed by atoms with Crippen LogP contribution < -0.4 is 19.1 Å². The van der Waals surface area contributed by atoms with Gasteiger partial charge in [-0.2, -0.15) is 0 Å². The van der Waals surface area contributed by atoms with E-state index in [0.717, 1.165) is 37.8 Å². The number of nitrogens with zero attached hydrogens (tertiary/aromatic N) is 2. The molecule has 4 atom stereocenters. The van der Waals surface area contributed by atoms with Gasteiger partial charge in [-0.25, -0.2) is 18.1 Å². The number of pyridine rings is 1. The normalized spacial score (nSPS) is 19.5. The smallest absolute Gasteiger partial charge is 0.264 e. The number of nitrogens with one attached hydrogen (secondary N) is 1. The van der Waals surface area contributed by atoms with Crippen LogP contribution in [0.25, 0.3) is 0 Å². The maximum atomic E-state index is 13.0. The number of rotatable bonds is 12. The van der Waals surface area contributed by atoms with Crippen molar-refractivity contribution >= 4 is 33.2 Å². The van der Waals surface area contributed by atoms with Gasteiger partial charge in [-0.15, -0.1) is 0 Å². The molecule has 1 fully saturated rings. The highest BCUT2D eigenvalue weighted by atomic mass is 35.5. The predicted octanol–water partition coefficient (Wildman–Crippen LogP) is 7.19. The van der Waals surface area contributed by atoms with Crippen LogP contribution in [0.3, 0.4) is 0 Å². The summed E-state index contributed by atoms with van der Waals surface area (Å²) in [5, 5.41) is 10.8. The van der Waals surface area contributed by atoms with Crippen LogP contribution in [0.5, 0.6) is 11.6 Å². The second kappa shape index (κ2) is 17.9. The number of fused-ring (bicyclic) bond motifs is 1. The van der Waals surface area contributed by atoms with Crippen molar-refractivity contribution in [2.75, 3.05) is 31.7 Å². The van der Waals surface area contributed by atoms with Crippen molar-refractivity contribution in [3.05, 3.63) is 94.7 Å². The van der Waals surface area contributed by atoms with Crippen molar-refractivity contribution in [3.8, 4) is 11.6 Å². The van der Waals surface area contributed by atoms with Crippen molar-refractivity contribution in [2.24, 2.45) is 11.8 Å². The minimum atomic E-state index is -3.77. The zero-order valence-corrected chi connectivity index (χ0v) is 30.7. The Hall–Kier alpha value is -3.60. The molecule has 11 heteroatoms. The molecular weight excluding hydrogens is 662 g/mol. The maximum Gasteiger partial charge on any atom is 0.264 e. The Morgan fingerprint density at radius 1 is 1.16 bits per heavy atom. The Morgan fingerprint density at radius 3 is 2.57 bits per heavy atom. The highest BCUT2D eigenvalue weighted by molar-refractivity contribution is 7.90. The molecule has 0 saturated heterocycles. The summed E-state index contributed by atoms with van der Waals surface area (Å²) in [6.45, 7) is 9.09. The number of allylic oxidation sites excluding steroid dienone is 1. The number of methoxy groups -OCH3 is 1. The second-order valence-electron chi connectivity index (χ2n) is 12.9. The van der Waals surface area contributed by atoms with Crippen LogP contribution in [0, 0.1) is 11.8 Å². The fraction of sp³-hybridized carbons (Fsp3) is 0.474. The average Bonchev–Trinajstić information content (AvgIpc) is 3.25. The molecule has 1 aliphatic carbocycles. The molecule has 5 rings (SSSR count). The summed E-state index contributed by atoms with van der Waals surface area (Å²) < 4.78 is 38.1. The summed E-state index contributed by atoms with van der Waals surface area (Å²) in [5.74, 6) is 1.15. The van der Waals surface area contributed by atoms with Crippen molar-refractivity contribution in [2.45, 2.75) is 77.1 Å². The van der Waals surface area contributed by atoms with E-state index < -0.39 is 27.3 Å². The van der Waals surface area contributed by atoms with Gasteiger partial charge in [-0.3, -0.25) is 4.79 Å². The number of benzene rings is 2. The largest absolute Gasteiger partial charge is 0.491 e. The highest BCUT2D eigenvalue weighted by Gasteiger charge is 2.38. The number of hydrogen-bond acceptors (Lipinski definition) is 8. The van der Waals surface area contributed by atoms with E-state index in [2.05, 4.69) is 34.5 Å². The monoisotopic (exact) mass is 711 g/mol. The minimum absolute atomic E-state index is 0.0586. The standard InChI is InChI=1S/C32H43ClN2O5S.C6H7NO/c1-5-7-9-30(36)28-13-10-24(28)18-35-19-25(27-14-12-26(33)16-22(27)8-6-2)20-40-31-15-11-23(17-29(31)35)32(37)34-41(38,39)21(3)4;1-8-6-4-2-3-5-7-6/h7,9,11-12,14-17,21,24-25,28,30,36H,5-6,8,10,13,18-20H2,1-4H3,(H,34,37);2-5H,1H3/b9-7+;. The van der Waals surface area contributed by atoms with Gasteiger partial charge in [0.2, 0.25) is 15.9 Å². The molecule has 0 spiro atoms. The van der Waals surface area contributed by atoms with Crippen molar-refractivity contribution in [1.82, 2.24) is 9.71 Å². The Balaban J connectivity index is 0.000000592. The minimum Gasteiger partial charge on any atom is -0.491 e. The van der Waals surface area contributed by atoms with Gasteiger partial charge < -0.3 is 19.5 Å². The summed E-state index contributed by atoms with van der Waals surface area (Å²) in [5.41, 5.74) is 3.43. The van der Waals surface area contributed by atoms with Gasteiger partial charge in [-0.05, 0) is 98.9 Å². The Bertz CT molecular complexity index is 1670. The topological polar surface area (TPSA) is 118 Å². The van der Waals surface area contributed by atoms with E-state index >= 15 is 0 Å². The molecule has 2 aliphatic rings. The first-order chi connectivity index (χ1) is 23.5. The summed E-state index contributed by atoms with van der Waals surface area (Å²) in [6, 6.07) is 16.7. The molecule has 0 bridgehead atoms. The number of aliphatic hydroxyl groups excluding tert-OH is 1. The van der Waals surface area contributed by atoms with Crippen LogP contribution in [0.15, 0.2) is 72.9 Å². The Labute approximate surface area is 296 Å². The number of aromatic nitrogens is 1. The van der Waals surface area contributed by atoms with Crippen molar-refractivity contribution < 1.29 is 27.8 Å². The Morgan fingerprint density at radius 2 is 1.96 bits per heavy atom. The zero-order valence-electron chi connectivity index (χ0n) is 29.1. The fourth-order valence-corrected chi connectivity index (χ4v) is 7.01. The third-order valence-electron chi connectivity index (χ3n) is 9.15. The molecule has 1 saturated carbocycles. The van der Waals surface area contributed by atoms with Crippen molar-refractivity contribution in [1.29, 1.82) is 0 Å². The van der Waals surface area contributed by atoms with E-state index in [-0.39, 0.29) is 23.3 Å². The molecule has 3 aromatic rings. The molecule has 2 N–H and O–H groups in total. The second-order valence-corrected chi connectivity index (χ2v) is 15.6. The van der Waals surface area contributed by atoms with Gasteiger partial charge in [0.05, 0.1) is 30.8 Å². The van der Waals surface area contributed by atoms with Gasteiger partial charge in [0.25, 0.3) is 5.91 Å². The lowest BCUT2D eigenvalue weighted by Crippen LogP contribution is -2.44. The fourth-order valence-electron chi connectivity index (χ4n) is 6.20. The van der Waals surface area contributed by atoms with Gasteiger partial charge >= 0.3 is 0 Å². The molecule has 4 unspecified atom stereocenters. The SMILES string of the molecule is CC/C=C/C(O)C1CCC1CN1CC(c2ccc(Cl)cc2CCC)COc2ccc(C(=O)NS(=O)(=O)C(C)C)cc21.COc1ccccn1. The van der Waals surface area contributed by atoms with Crippen LogP contribution >= 0.6 is 11.6 Å². The number of hydrogen-bond donors (Lipinski definition) is 2. The molecule has 2 aromatic carbocycles. The lowest BCUT2D eigenvalue weighted by molar-refractivity contribution is 0.0461. The molecule has 1 aromatic heterocycles. The summed E-state index contributed by atoms with van der Waals surface area (Å²) >= 11 is 6.36. The Kier molecular flexibility index (Phi) is 13.9. The molecular formula is C38H50ClN3O6S. The van der Waals surface area contributed by atoms with Crippen molar-refractivity contribution in [3.63, 3.8) is 0 Å². The molecule has 49 heavy (non-hydrogen) atoms. The number of aliphatic hydroxyl groups is 1. The first kappa shape index (κ1) is 38.2. The molecule has 2 heterocycles. The summed E-state index contributed by atoms with van der Waals surface area (Å²) in [7, 11) is -2.17. The number of halogens is 1. The van der Waals surface area contributed by atoms with Crippen LogP contribution in [0.1, 0.15) is 80.8 Å². The molecule has 266 valence electrons. The number of aryl methyl sites for hydroxylation is 1. The predicted molar refractivity (Wildman–Crippen MR) is 196 cm³/mol. The average molecular weight is 712 g/mol. The van der Waals surface area contributed by atoms with Gasteiger partial charge in [0.15, 0.2) is 0 Å². The van der Waals surface area contributed by atoms with Crippen LogP contribution in [-0.4, -0.2) is 62.6 Å². The van der Waals surface area contributed by atoms with Crippen LogP contribution in [0.4, 0.5) is 5.69 Å². The van der Waals surface area contributed by atoms with E-state index in [1.807, 2.05) is 36.4 Å². The lowest BCUT2D eigenvalue weighted by atomic mass is 9.70. The van der Waals surface area contributed by atoms with Crippen LogP contribution in [0.2, 0.25) is 5.02 Å². The molecule has 1 amide bonds. The quantitative estimate of drug-likeness (QED) is 0.190. The molecule has 1 aliphatic heterocycles. The first-order valence-electron chi connectivity index (χ1n) is 17.1. The number of anilines is 1. The van der Waals surface area contributed by atoms with Gasteiger partial charge in [-0.1, -0.05) is 56.2 Å². The zero-order chi connectivity index (χ0) is 35.6. The lowest BCUT2D eigenvalue weighted by Gasteiger charge is -2.42.